The Labute approximate surface area is 119 Å². The van der Waals surface area contributed by atoms with Crippen LogP contribution in [0.4, 0.5) is 5.69 Å². The number of nitrogens with one attached hydrogen (secondary N) is 1. The van der Waals surface area contributed by atoms with Crippen LogP contribution in [0.5, 0.6) is 0 Å². The molecule has 1 aromatic carbocycles. The van der Waals surface area contributed by atoms with E-state index < -0.39 is 5.41 Å². The molecule has 2 unspecified atom stereocenters. The van der Waals surface area contributed by atoms with Crippen LogP contribution in [0.25, 0.3) is 0 Å². The number of carbonyl (C=O) groups excluding carboxylic acids is 1. The number of rotatable bonds is 2. The number of hydrogen-bond acceptors (Lipinski definition) is 3. The van der Waals surface area contributed by atoms with Gasteiger partial charge in [-0.15, -0.1) is 0 Å². The quantitative estimate of drug-likeness (QED) is 0.873. The molecule has 0 saturated carbocycles. The molecule has 0 radical (unpaired) electrons. The molecule has 6 heteroatoms. The van der Waals surface area contributed by atoms with E-state index in [0.717, 1.165) is 4.47 Å². The van der Waals surface area contributed by atoms with Gasteiger partial charge in [0.05, 0.1) is 24.3 Å². The smallest absolute Gasteiger partial charge is 0.234 e. The molecule has 1 aliphatic rings. The van der Waals surface area contributed by atoms with Gasteiger partial charge in [0.25, 0.3) is 0 Å². The maximum atomic E-state index is 12.3. The van der Waals surface area contributed by atoms with Crippen molar-refractivity contribution in [2.75, 3.05) is 18.5 Å². The highest BCUT2D eigenvalue weighted by Gasteiger charge is 2.44. The third-order valence-corrected chi connectivity index (χ3v) is 4.14. The minimum atomic E-state index is -0.707. The lowest BCUT2D eigenvalue weighted by molar-refractivity contribution is -0.125. The number of carbonyl (C=O) groups is 1. The summed E-state index contributed by atoms with van der Waals surface area (Å²) in [6.45, 7) is 2.54. The van der Waals surface area contributed by atoms with Gasteiger partial charge in [0, 0.05) is 15.5 Å². The van der Waals surface area contributed by atoms with E-state index >= 15 is 0 Å². The summed E-state index contributed by atoms with van der Waals surface area (Å²) < 4.78 is 6.04. The average Bonchev–Trinajstić information content (AvgIpc) is 2.66. The SMILES string of the molecule is CC1(C(=O)Nc2cc(Cl)ccc2Br)COCC1N. The van der Waals surface area contributed by atoms with Crippen molar-refractivity contribution < 1.29 is 9.53 Å². The van der Waals surface area contributed by atoms with Crippen molar-refractivity contribution in [1.29, 1.82) is 0 Å². The van der Waals surface area contributed by atoms with Gasteiger partial charge < -0.3 is 15.8 Å². The Kier molecular flexibility index (Phi) is 3.96. The van der Waals surface area contributed by atoms with Gasteiger partial charge >= 0.3 is 0 Å². The second-order valence-corrected chi connectivity index (χ2v) is 5.91. The Morgan fingerprint density at radius 2 is 2.39 bits per heavy atom. The lowest BCUT2D eigenvalue weighted by Crippen LogP contribution is -2.47. The highest BCUT2D eigenvalue weighted by atomic mass is 79.9. The number of nitrogens with two attached hydrogens (primary N) is 1. The van der Waals surface area contributed by atoms with E-state index in [-0.39, 0.29) is 11.9 Å². The van der Waals surface area contributed by atoms with E-state index in [0.29, 0.717) is 23.9 Å². The molecule has 0 spiro atoms. The number of benzene rings is 1. The molecule has 1 amide bonds. The van der Waals surface area contributed by atoms with Crippen molar-refractivity contribution >= 4 is 39.1 Å². The Bertz CT molecular complexity index is 483. The van der Waals surface area contributed by atoms with E-state index in [1.807, 2.05) is 0 Å². The predicted octanol–water partition coefficient (Wildman–Crippen LogP) is 2.40. The van der Waals surface area contributed by atoms with Crippen molar-refractivity contribution in [2.24, 2.45) is 11.1 Å². The molecule has 2 rings (SSSR count). The first kappa shape index (κ1) is 13.8. The summed E-state index contributed by atoms with van der Waals surface area (Å²) in [6, 6.07) is 4.92. The Balaban J connectivity index is 2.19. The molecule has 3 N–H and O–H groups in total. The average molecular weight is 334 g/mol. The van der Waals surface area contributed by atoms with Gasteiger partial charge in [-0.3, -0.25) is 4.79 Å². The van der Waals surface area contributed by atoms with Gasteiger partial charge in [-0.1, -0.05) is 11.6 Å². The van der Waals surface area contributed by atoms with Crippen LogP contribution in [0.1, 0.15) is 6.92 Å². The van der Waals surface area contributed by atoms with E-state index in [1.54, 1.807) is 25.1 Å². The maximum Gasteiger partial charge on any atom is 0.234 e. The summed E-state index contributed by atoms with van der Waals surface area (Å²) in [7, 11) is 0. The summed E-state index contributed by atoms with van der Waals surface area (Å²) in [6.07, 6.45) is 0. The fourth-order valence-corrected chi connectivity index (χ4v) is 2.30. The van der Waals surface area contributed by atoms with Crippen LogP contribution in [0.15, 0.2) is 22.7 Å². The number of anilines is 1. The molecule has 0 aromatic heterocycles. The van der Waals surface area contributed by atoms with E-state index in [1.165, 1.54) is 0 Å². The molecule has 1 saturated heterocycles. The van der Waals surface area contributed by atoms with Gasteiger partial charge in [-0.2, -0.15) is 0 Å². The number of amides is 1. The fourth-order valence-electron chi connectivity index (χ4n) is 1.78. The lowest BCUT2D eigenvalue weighted by atomic mass is 9.85. The molecule has 1 heterocycles. The highest BCUT2D eigenvalue weighted by molar-refractivity contribution is 9.10. The summed E-state index contributed by atoms with van der Waals surface area (Å²) in [5.74, 6) is -0.157. The van der Waals surface area contributed by atoms with Gasteiger partial charge in [-0.05, 0) is 41.1 Å². The minimum Gasteiger partial charge on any atom is -0.379 e. The zero-order chi connectivity index (χ0) is 13.3. The number of hydrogen-bond donors (Lipinski definition) is 2. The van der Waals surface area contributed by atoms with Crippen molar-refractivity contribution in [2.45, 2.75) is 13.0 Å². The molecular formula is C12H14BrClN2O2. The van der Waals surface area contributed by atoms with Gasteiger partial charge in [0.15, 0.2) is 0 Å². The molecule has 1 fully saturated rings. The predicted molar refractivity (Wildman–Crippen MR) is 74.7 cm³/mol. The number of halogens is 2. The van der Waals surface area contributed by atoms with Crippen LogP contribution in [-0.4, -0.2) is 25.2 Å². The second kappa shape index (κ2) is 5.17. The molecule has 1 aliphatic heterocycles. The van der Waals surface area contributed by atoms with Gasteiger partial charge in [0.2, 0.25) is 5.91 Å². The summed E-state index contributed by atoms with van der Waals surface area (Å²) in [5.41, 5.74) is 5.84. The first-order chi connectivity index (χ1) is 8.43. The summed E-state index contributed by atoms with van der Waals surface area (Å²) >= 11 is 9.27. The molecule has 98 valence electrons. The third kappa shape index (κ3) is 2.54. The van der Waals surface area contributed by atoms with Crippen molar-refractivity contribution in [3.63, 3.8) is 0 Å². The molecular weight excluding hydrogens is 320 g/mol. The van der Waals surface area contributed by atoms with E-state index in [2.05, 4.69) is 21.2 Å². The van der Waals surface area contributed by atoms with Crippen LogP contribution in [0.2, 0.25) is 5.02 Å². The zero-order valence-electron chi connectivity index (χ0n) is 9.87. The standard InChI is InChI=1S/C12H14BrClN2O2/c1-12(6-18-5-10(12)15)11(17)16-9-4-7(14)2-3-8(9)13/h2-4,10H,5-6,15H2,1H3,(H,16,17). The topological polar surface area (TPSA) is 64.3 Å². The molecule has 2 atom stereocenters. The Morgan fingerprint density at radius 3 is 3.00 bits per heavy atom. The fraction of sp³-hybridized carbons (Fsp3) is 0.417. The van der Waals surface area contributed by atoms with Gasteiger partial charge in [-0.25, -0.2) is 0 Å². The summed E-state index contributed by atoms with van der Waals surface area (Å²) in [4.78, 5) is 12.3. The maximum absolute atomic E-state index is 12.3. The summed E-state index contributed by atoms with van der Waals surface area (Å²) in [5, 5.41) is 3.39. The van der Waals surface area contributed by atoms with Crippen LogP contribution in [0, 0.1) is 5.41 Å². The van der Waals surface area contributed by atoms with Crippen molar-refractivity contribution in [3.05, 3.63) is 27.7 Å². The van der Waals surface area contributed by atoms with Crippen molar-refractivity contribution in [3.8, 4) is 0 Å². The van der Waals surface area contributed by atoms with E-state index in [4.69, 9.17) is 22.1 Å². The monoisotopic (exact) mass is 332 g/mol. The Hall–Kier alpha value is -0.620. The molecule has 0 bridgehead atoms. The lowest BCUT2D eigenvalue weighted by Gasteiger charge is -2.25. The number of ether oxygens (including phenoxy) is 1. The first-order valence-corrected chi connectivity index (χ1v) is 6.70. The molecule has 0 aliphatic carbocycles. The minimum absolute atomic E-state index is 0.157. The Morgan fingerprint density at radius 1 is 1.67 bits per heavy atom. The molecule has 4 nitrogen and oxygen atoms in total. The highest BCUT2D eigenvalue weighted by Crippen LogP contribution is 2.31. The second-order valence-electron chi connectivity index (χ2n) is 4.62. The first-order valence-electron chi connectivity index (χ1n) is 5.53. The third-order valence-electron chi connectivity index (χ3n) is 3.21. The van der Waals surface area contributed by atoms with E-state index in [9.17, 15) is 4.79 Å². The van der Waals surface area contributed by atoms with Crippen LogP contribution >= 0.6 is 27.5 Å². The molecule has 1 aromatic rings. The zero-order valence-corrected chi connectivity index (χ0v) is 12.2. The largest absolute Gasteiger partial charge is 0.379 e. The van der Waals surface area contributed by atoms with Crippen molar-refractivity contribution in [1.82, 2.24) is 0 Å². The molecule has 18 heavy (non-hydrogen) atoms. The van der Waals surface area contributed by atoms with Crippen LogP contribution in [0.3, 0.4) is 0 Å². The van der Waals surface area contributed by atoms with Crippen LogP contribution < -0.4 is 11.1 Å². The van der Waals surface area contributed by atoms with Gasteiger partial charge in [0.1, 0.15) is 0 Å². The van der Waals surface area contributed by atoms with Crippen LogP contribution in [-0.2, 0) is 9.53 Å². The normalized spacial score (nSPS) is 27.2.